The van der Waals surface area contributed by atoms with Gasteiger partial charge in [-0.05, 0) is 61.9 Å². The third kappa shape index (κ3) is 3.63. The maximum absolute atomic E-state index is 13.3. The number of fused-ring (bicyclic) bond motifs is 1. The van der Waals surface area contributed by atoms with Gasteiger partial charge in [-0.15, -0.1) is 0 Å². The minimum Gasteiger partial charge on any atom is -0.375 e. The first kappa shape index (κ1) is 19.9. The molecular weight excluding hydrogens is 390 g/mol. The number of aromatic nitrogens is 1. The summed E-state index contributed by atoms with van der Waals surface area (Å²) in [7, 11) is 0. The number of likely N-dealkylation sites (tertiary alicyclic amines) is 1. The quantitative estimate of drug-likeness (QED) is 0.806. The second-order valence-electron chi connectivity index (χ2n) is 7.80. The Morgan fingerprint density at radius 2 is 2.21 bits per heavy atom. The Labute approximate surface area is 174 Å². The SMILES string of the molecule is Cc1ccc(Cl)cc1CNC(=O)C1CCCN1C(=O)C1(O)CCc2ncccc21. The van der Waals surface area contributed by atoms with Crippen LogP contribution in [0, 0.1) is 6.92 Å². The summed E-state index contributed by atoms with van der Waals surface area (Å²) in [6, 6.07) is 8.46. The average molecular weight is 414 g/mol. The molecule has 152 valence electrons. The first-order valence-corrected chi connectivity index (χ1v) is 10.3. The predicted molar refractivity (Wildman–Crippen MR) is 109 cm³/mol. The molecule has 0 spiro atoms. The molecule has 2 unspecified atom stereocenters. The van der Waals surface area contributed by atoms with Crippen LogP contribution >= 0.6 is 11.6 Å². The van der Waals surface area contributed by atoms with Crippen LogP contribution in [-0.4, -0.2) is 39.4 Å². The highest BCUT2D eigenvalue weighted by Crippen LogP contribution is 2.38. The van der Waals surface area contributed by atoms with Gasteiger partial charge in [0.1, 0.15) is 6.04 Å². The maximum Gasteiger partial charge on any atom is 0.259 e. The number of hydrogen-bond donors (Lipinski definition) is 2. The van der Waals surface area contributed by atoms with E-state index >= 15 is 0 Å². The molecule has 7 heteroatoms. The summed E-state index contributed by atoms with van der Waals surface area (Å²) < 4.78 is 0. The first-order valence-electron chi connectivity index (χ1n) is 9.91. The molecule has 2 amide bonds. The summed E-state index contributed by atoms with van der Waals surface area (Å²) >= 11 is 6.05. The normalized spacial score (nSPS) is 23.1. The van der Waals surface area contributed by atoms with E-state index in [9.17, 15) is 14.7 Å². The number of amides is 2. The van der Waals surface area contributed by atoms with Gasteiger partial charge in [-0.1, -0.05) is 23.7 Å². The van der Waals surface area contributed by atoms with E-state index in [0.717, 1.165) is 23.2 Å². The van der Waals surface area contributed by atoms with Crippen molar-refractivity contribution in [3.8, 4) is 0 Å². The molecule has 1 aliphatic heterocycles. The summed E-state index contributed by atoms with van der Waals surface area (Å²) in [5, 5.41) is 14.7. The number of aliphatic hydroxyl groups is 1. The lowest BCUT2D eigenvalue weighted by Gasteiger charge is -2.32. The Kier molecular flexibility index (Phi) is 5.32. The van der Waals surface area contributed by atoms with Gasteiger partial charge in [0.05, 0.1) is 0 Å². The molecular formula is C22H24ClN3O3. The van der Waals surface area contributed by atoms with E-state index < -0.39 is 17.6 Å². The van der Waals surface area contributed by atoms with Crippen LogP contribution in [0.5, 0.6) is 0 Å². The van der Waals surface area contributed by atoms with Crippen LogP contribution in [0.3, 0.4) is 0 Å². The summed E-state index contributed by atoms with van der Waals surface area (Å²) in [6.07, 6.45) is 3.83. The zero-order valence-electron chi connectivity index (χ0n) is 16.3. The van der Waals surface area contributed by atoms with Crippen LogP contribution in [0.15, 0.2) is 36.5 Å². The Balaban J connectivity index is 1.48. The third-order valence-electron chi connectivity index (χ3n) is 5.99. The molecule has 1 aromatic heterocycles. The van der Waals surface area contributed by atoms with Crippen molar-refractivity contribution in [2.75, 3.05) is 6.54 Å². The van der Waals surface area contributed by atoms with Crippen molar-refractivity contribution in [2.24, 2.45) is 0 Å². The van der Waals surface area contributed by atoms with E-state index in [4.69, 9.17) is 11.6 Å². The standard InChI is InChI=1S/C22H24ClN3O3/c1-14-6-7-16(23)12-15(14)13-25-20(27)19-5-3-11-26(19)21(28)22(29)9-8-18-17(22)4-2-10-24-18/h2,4,6-7,10,12,19,29H,3,5,8-9,11,13H2,1H3,(H,25,27). The Hall–Kier alpha value is -2.44. The number of hydrogen-bond acceptors (Lipinski definition) is 4. The molecule has 0 radical (unpaired) electrons. The van der Waals surface area contributed by atoms with Crippen LogP contribution < -0.4 is 5.32 Å². The topological polar surface area (TPSA) is 82.5 Å². The monoisotopic (exact) mass is 413 g/mol. The lowest BCUT2D eigenvalue weighted by molar-refractivity contribution is -0.155. The van der Waals surface area contributed by atoms with Gasteiger partial charge in [0, 0.05) is 35.6 Å². The molecule has 6 nitrogen and oxygen atoms in total. The molecule has 29 heavy (non-hydrogen) atoms. The molecule has 1 fully saturated rings. The van der Waals surface area contributed by atoms with Crippen molar-refractivity contribution in [3.05, 3.63) is 63.9 Å². The van der Waals surface area contributed by atoms with E-state index in [2.05, 4.69) is 10.3 Å². The fourth-order valence-corrected chi connectivity index (χ4v) is 4.52. The molecule has 2 aromatic rings. The number of aryl methyl sites for hydroxylation is 2. The number of halogens is 1. The Morgan fingerprint density at radius 3 is 3.03 bits per heavy atom. The molecule has 1 saturated heterocycles. The molecule has 0 bridgehead atoms. The molecule has 2 N–H and O–H groups in total. The van der Waals surface area contributed by atoms with E-state index in [0.29, 0.717) is 42.9 Å². The van der Waals surface area contributed by atoms with Crippen LogP contribution in [0.25, 0.3) is 0 Å². The van der Waals surface area contributed by atoms with Crippen molar-refractivity contribution in [2.45, 2.75) is 50.8 Å². The lowest BCUT2D eigenvalue weighted by Crippen LogP contribution is -2.52. The van der Waals surface area contributed by atoms with Crippen molar-refractivity contribution in [1.29, 1.82) is 0 Å². The minimum absolute atomic E-state index is 0.205. The first-order chi connectivity index (χ1) is 13.9. The average Bonchev–Trinajstić information content (AvgIpc) is 3.34. The number of nitrogens with one attached hydrogen (secondary N) is 1. The highest BCUT2D eigenvalue weighted by atomic mass is 35.5. The van der Waals surface area contributed by atoms with Crippen LogP contribution in [0.2, 0.25) is 5.02 Å². The molecule has 2 heterocycles. The van der Waals surface area contributed by atoms with Crippen LogP contribution in [0.1, 0.15) is 41.6 Å². The predicted octanol–water partition coefficient (Wildman–Crippen LogP) is 2.48. The van der Waals surface area contributed by atoms with Crippen molar-refractivity contribution in [3.63, 3.8) is 0 Å². The van der Waals surface area contributed by atoms with E-state index in [1.54, 1.807) is 18.3 Å². The largest absolute Gasteiger partial charge is 0.375 e. The Morgan fingerprint density at radius 1 is 1.38 bits per heavy atom. The number of carbonyl (C=O) groups is 2. The molecule has 1 aromatic carbocycles. The van der Waals surface area contributed by atoms with Gasteiger partial charge < -0.3 is 15.3 Å². The van der Waals surface area contributed by atoms with Gasteiger partial charge in [-0.3, -0.25) is 14.6 Å². The lowest BCUT2D eigenvalue weighted by atomic mass is 9.95. The number of nitrogens with zero attached hydrogens (tertiary/aromatic N) is 2. The zero-order chi connectivity index (χ0) is 20.6. The van der Waals surface area contributed by atoms with Crippen LogP contribution in [-0.2, 0) is 28.2 Å². The summed E-state index contributed by atoms with van der Waals surface area (Å²) in [6.45, 7) is 2.77. The smallest absolute Gasteiger partial charge is 0.259 e. The van der Waals surface area contributed by atoms with Gasteiger partial charge in [0.25, 0.3) is 5.91 Å². The number of benzene rings is 1. The molecule has 1 aliphatic carbocycles. The molecule has 0 saturated carbocycles. The van der Waals surface area contributed by atoms with Gasteiger partial charge in [-0.2, -0.15) is 0 Å². The molecule has 2 atom stereocenters. The van der Waals surface area contributed by atoms with E-state index in [1.807, 2.05) is 25.1 Å². The summed E-state index contributed by atoms with van der Waals surface area (Å²) in [5.41, 5.74) is 1.69. The number of pyridine rings is 1. The van der Waals surface area contributed by atoms with Gasteiger partial charge in [-0.25, -0.2) is 0 Å². The van der Waals surface area contributed by atoms with E-state index in [1.165, 1.54) is 4.90 Å². The van der Waals surface area contributed by atoms with Crippen LogP contribution in [0.4, 0.5) is 0 Å². The second kappa shape index (κ2) is 7.76. The van der Waals surface area contributed by atoms with Crippen molar-refractivity contribution < 1.29 is 14.7 Å². The molecule has 4 rings (SSSR count). The van der Waals surface area contributed by atoms with Crippen molar-refractivity contribution >= 4 is 23.4 Å². The second-order valence-corrected chi connectivity index (χ2v) is 8.24. The summed E-state index contributed by atoms with van der Waals surface area (Å²) in [5.74, 6) is -0.607. The fourth-order valence-electron chi connectivity index (χ4n) is 4.32. The van der Waals surface area contributed by atoms with Gasteiger partial charge in [0.15, 0.2) is 5.60 Å². The number of carbonyl (C=O) groups excluding carboxylic acids is 2. The highest BCUT2D eigenvalue weighted by Gasteiger charge is 2.49. The minimum atomic E-state index is -1.60. The highest BCUT2D eigenvalue weighted by molar-refractivity contribution is 6.30. The fraction of sp³-hybridized carbons (Fsp3) is 0.409. The maximum atomic E-state index is 13.3. The third-order valence-corrected chi connectivity index (χ3v) is 6.23. The molecule has 2 aliphatic rings. The Bertz CT molecular complexity index is 964. The number of rotatable bonds is 4. The zero-order valence-corrected chi connectivity index (χ0v) is 17.1. The van der Waals surface area contributed by atoms with Crippen molar-refractivity contribution in [1.82, 2.24) is 15.2 Å². The van der Waals surface area contributed by atoms with Gasteiger partial charge in [0.2, 0.25) is 5.91 Å². The van der Waals surface area contributed by atoms with Gasteiger partial charge >= 0.3 is 0 Å². The van der Waals surface area contributed by atoms with E-state index in [-0.39, 0.29) is 5.91 Å². The summed E-state index contributed by atoms with van der Waals surface area (Å²) in [4.78, 5) is 31.9.